The largest absolute Gasteiger partial charge is 0.726 e. The highest BCUT2D eigenvalue weighted by atomic mass is 32.3. The molecule has 0 saturated heterocycles. The molecule has 1 heterocycles. The molecule has 0 radical (unpaired) electrons. The molecule has 0 N–H and O–H groups in total. The predicted octanol–water partition coefficient (Wildman–Crippen LogP) is 0.206. The Kier molecular flexibility index (Phi) is 6.95. The second-order valence-electron chi connectivity index (χ2n) is 3.14. The fourth-order valence-corrected chi connectivity index (χ4v) is 1.24. The Balaban J connectivity index is 0.000000281. The van der Waals surface area contributed by atoms with Gasteiger partial charge in [-0.2, -0.15) is 0 Å². The molecule has 0 aromatic carbocycles. The van der Waals surface area contributed by atoms with E-state index in [2.05, 4.69) is 28.2 Å². The maximum atomic E-state index is 9.61. The van der Waals surface area contributed by atoms with Crippen LogP contribution in [0.3, 0.4) is 0 Å². The van der Waals surface area contributed by atoms with Gasteiger partial charge in [-0.05, 0) is 13.3 Å². The lowest BCUT2D eigenvalue weighted by Gasteiger charge is -2.04. The molecule has 0 aliphatic rings. The normalized spacial score (nSPS) is 10.8. The third-order valence-electron chi connectivity index (χ3n) is 1.62. The highest BCUT2D eigenvalue weighted by Crippen LogP contribution is 1.86. The Morgan fingerprint density at radius 2 is 2.06 bits per heavy atom. The van der Waals surface area contributed by atoms with Crippen molar-refractivity contribution in [2.45, 2.75) is 26.8 Å². The maximum absolute atomic E-state index is 9.61. The highest BCUT2D eigenvalue weighted by Gasteiger charge is 1.92. The molecule has 1 rings (SSSR count). The van der Waals surface area contributed by atoms with E-state index in [9.17, 15) is 13.0 Å². The molecule has 0 atom stereocenters. The molecule has 7 heteroatoms. The van der Waals surface area contributed by atoms with Gasteiger partial charge in [0, 0.05) is 0 Å². The van der Waals surface area contributed by atoms with Crippen LogP contribution in [0.15, 0.2) is 18.7 Å². The lowest BCUT2D eigenvalue weighted by atomic mass is 10.5. The van der Waals surface area contributed by atoms with Crippen LogP contribution in [-0.2, 0) is 28.2 Å². The van der Waals surface area contributed by atoms with E-state index in [1.54, 1.807) is 6.92 Å². The second-order valence-corrected chi connectivity index (χ2v) is 4.19. The molecule has 0 spiro atoms. The summed E-state index contributed by atoms with van der Waals surface area (Å²) in [6.07, 6.45) is 6.67. The number of nitrogens with zero attached hydrogens (tertiary/aromatic N) is 2. The van der Waals surface area contributed by atoms with Crippen LogP contribution in [0.1, 0.15) is 20.3 Å². The number of imidazole rings is 1. The van der Waals surface area contributed by atoms with E-state index in [1.165, 1.54) is 0 Å². The van der Waals surface area contributed by atoms with Gasteiger partial charge < -0.3 is 4.55 Å². The Morgan fingerprint density at radius 3 is 2.25 bits per heavy atom. The van der Waals surface area contributed by atoms with Gasteiger partial charge in [0.1, 0.15) is 12.4 Å². The number of rotatable bonds is 4. The van der Waals surface area contributed by atoms with Gasteiger partial charge in [-0.1, -0.05) is 6.92 Å². The summed E-state index contributed by atoms with van der Waals surface area (Å²) >= 11 is 0. The van der Waals surface area contributed by atoms with Gasteiger partial charge in [0.25, 0.3) is 0 Å². The van der Waals surface area contributed by atoms with Crippen molar-refractivity contribution in [2.75, 3.05) is 6.61 Å². The molecule has 0 unspecified atom stereocenters. The van der Waals surface area contributed by atoms with Crippen molar-refractivity contribution in [1.82, 2.24) is 4.57 Å². The average molecular weight is 250 g/mol. The Bertz CT molecular complexity index is 386. The molecule has 94 valence electrons. The standard InChI is InChI=1S/C6H11N2.C3H8O4S/c1-3-8-5-4-7(2)6-8;1-2-3-7-8(4,5)6/h4-6H,3H2,1-2H3;2-3H2,1H3,(H,4,5,6)/q+1;/p-1. The lowest BCUT2D eigenvalue weighted by Crippen LogP contribution is -2.23. The van der Waals surface area contributed by atoms with Gasteiger partial charge in [-0.25, -0.2) is 17.6 Å². The molecule has 0 saturated carbocycles. The number of aryl methyl sites for hydroxylation is 2. The van der Waals surface area contributed by atoms with Crippen molar-refractivity contribution in [3.8, 4) is 0 Å². The molecule has 16 heavy (non-hydrogen) atoms. The van der Waals surface area contributed by atoms with Crippen molar-refractivity contribution in [3.05, 3.63) is 18.7 Å². The first-order chi connectivity index (χ1) is 7.39. The third kappa shape index (κ3) is 8.39. The minimum atomic E-state index is -4.44. The molecular formula is C9H18N2O4S. The number of hydrogen-bond donors (Lipinski definition) is 0. The van der Waals surface area contributed by atoms with Crippen LogP contribution >= 0.6 is 0 Å². The van der Waals surface area contributed by atoms with Crippen LogP contribution < -0.4 is 4.57 Å². The molecule has 0 fully saturated rings. The zero-order valence-electron chi connectivity index (χ0n) is 9.79. The van der Waals surface area contributed by atoms with Crippen molar-refractivity contribution >= 4 is 10.4 Å². The summed E-state index contributed by atoms with van der Waals surface area (Å²) in [5.41, 5.74) is 0. The van der Waals surface area contributed by atoms with E-state index in [-0.39, 0.29) is 6.61 Å². The molecule has 1 aromatic heterocycles. The highest BCUT2D eigenvalue weighted by molar-refractivity contribution is 7.80. The van der Waals surface area contributed by atoms with Gasteiger partial charge >= 0.3 is 0 Å². The van der Waals surface area contributed by atoms with Crippen LogP contribution in [0.25, 0.3) is 0 Å². The molecule has 0 bridgehead atoms. The minimum absolute atomic E-state index is 0.0220. The summed E-state index contributed by atoms with van der Waals surface area (Å²) in [5.74, 6) is 0. The minimum Gasteiger partial charge on any atom is -0.726 e. The zero-order chi connectivity index (χ0) is 12.6. The van der Waals surface area contributed by atoms with Crippen LogP contribution in [0, 0.1) is 0 Å². The Hall–Kier alpha value is -0.920. The van der Waals surface area contributed by atoms with E-state index < -0.39 is 10.4 Å². The summed E-state index contributed by atoms with van der Waals surface area (Å²) < 4.78 is 36.8. The smallest absolute Gasteiger partial charge is 0.243 e. The van der Waals surface area contributed by atoms with E-state index >= 15 is 0 Å². The second kappa shape index (κ2) is 7.37. The molecule has 0 amide bonds. The molecular weight excluding hydrogens is 232 g/mol. The topological polar surface area (TPSA) is 75.2 Å². The van der Waals surface area contributed by atoms with Crippen molar-refractivity contribution in [1.29, 1.82) is 0 Å². The first-order valence-corrected chi connectivity index (χ1v) is 6.33. The summed E-state index contributed by atoms with van der Waals surface area (Å²) in [4.78, 5) is 0. The van der Waals surface area contributed by atoms with Gasteiger partial charge in [0.05, 0.1) is 20.2 Å². The van der Waals surface area contributed by atoms with E-state index in [0.29, 0.717) is 6.42 Å². The van der Waals surface area contributed by atoms with Crippen molar-refractivity contribution in [3.63, 3.8) is 0 Å². The number of aromatic nitrogens is 2. The molecule has 1 aromatic rings. The van der Waals surface area contributed by atoms with Crippen LogP contribution in [-0.4, -0.2) is 24.1 Å². The third-order valence-corrected chi connectivity index (χ3v) is 2.08. The van der Waals surface area contributed by atoms with E-state index in [4.69, 9.17) is 0 Å². The fraction of sp³-hybridized carbons (Fsp3) is 0.667. The van der Waals surface area contributed by atoms with Gasteiger partial charge in [-0.3, -0.25) is 4.18 Å². The summed E-state index contributed by atoms with van der Waals surface area (Å²) in [5, 5.41) is 0. The summed E-state index contributed by atoms with van der Waals surface area (Å²) in [7, 11) is -2.42. The predicted molar refractivity (Wildman–Crippen MR) is 57.2 cm³/mol. The van der Waals surface area contributed by atoms with Gasteiger partial charge in [0.15, 0.2) is 0 Å². The summed E-state index contributed by atoms with van der Waals surface area (Å²) in [6, 6.07) is 0. The Labute approximate surface area is 96.4 Å². The summed E-state index contributed by atoms with van der Waals surface area (Å²) in [6.45, 7) is 4.87. The average Bonchev–Trinajstić information content (AvgIpc) is 2.61. The first kappa shape index (κ1) is 15.1. The van der Waals surface area contributed by atoms with Crippen molar-refractivity contribution < 1.29 is 21.7 Å². The zero-order valence-corrected chi connectivity index (χ0v) is 10.6. The Morgan fingerprint density at radius 1 is 1.44 bits per heavy atom. The van der Waals surface area contributed by atoms with Crippen LogP contribution in [0.2, 0.25) is 0 Å². The van der Waals surface area contributed by atoms with Crippen LogP contribution in [0.4, 0.5) is 0 Å². The van der Waals surface area contributed by atoms with Gasteiger partial charge in [-0.15, -0.1) is 0 Å². The quantitative estimate of drug-likeness (QED) is 0.435. The SMILES string of the molecule is CCCOS(=O)(=O)[O-].CCn1cc[n+](C)c1. The van der Waals surface area contributed by atoms with Gasteiger partial charge in [0.2, 0.25) is 16.7 Å². The molecule has 6 nitrogen and oxygen atoms in total. The van der Waals surface area contributed by atoms with E-state index in [1.807, 2.05) is 17.8 Å². The number of hydrogen-bond acceptors (Lipinski definition) is 4. The van der Waals surface area contributed by atoms with E-state index in [0.717, 1.165) is 6.54 Å². The maximum Gasteiger partial charge on any atom is 0.243 e. The monoisotopic (exact) mass is 250 g/mol. The molecule has 0 aliphatic heterocycles. The van der Waals surface area contributed by atoms with Crippen LogP contribution in [0.5, 0.6) is 0 Å². The molecule has 0 aliphatic carbocycles. The van der Waals surface area contributed by atoms with Crippen molar-refractivity contribution in [2.24, 2.45) is 7.05 Å². The first-order valence-electron chi connectivity index (χ1n) is 5.00. The lowest BCUT2D eigenvalue weighted by molar-refractivity contribution is -0.671. The fourth-order valence-electron chi connectivity index (χ4n) is 0.874.